The van der Waals surface area contributed by atoms with Crippen molar-refractivity contribution in [2.75, 3.05) is 26.3 Å². The molecule has 1 aliphatic heterocycles. The second kappa shape index (κ2) is 8.03. The topological polar surface area (TPSA) is 52.9 Å². The maximum Gasteiger partial charge on any atom is 0.0900 e. The van der Waals surface area contributed by atoms with Gasteiger partial charge in [0.2, 0.25) is 0 Å². The maximum absolute atomic E-state index is 9.91. The summed E-state index contributed by atoms with van der Waals surface area (Å²) >= 11 is 0. The molecule has 2 atom stereocenters. The van der Waals surface area contributed by atoms with E-state index < -0.39 is 6.10 Å². The van der Waals surface area contributed by atoms with E-state index in [4.69, 9.17) is 9.84 Å². The van der Waals surface area contributed by atoms with Gasteiger partial charge in [0.15, 0.2) is 0 Å². The number of hydrogen-bond donors (Lipinski definition) is 2. The van der Waals surface area contributed by atoms with Gasteiger partial charge in [-0.2, -0.15) is 0 Å². The van der Waals surface area contributed by atoms with Crippen molar-refractivity contribution >= 4 is 0 Å². The molecular formula is C13H27NO3. The van der Waals surface area contributed by atoms with Gasteiger partial charge in [-0.05, 0) is 39.7 Å². The molecule has 1 heterocycles. The normalized spacial score (nSPS) is 24.2. The molecule has 4 nitrogen and oxygen atoms in total. The summed E-state index contributed by atoms with van der Waals surface area (Å²) in [4.78, 5) is 2.30. The molecule has 1 saturated heterocycles. The molecule has 102 valence electrons. The van der Waals surface area contributed by atoms with Crippen LogP contribution in [-0.4, -0.2) is 59.7 Å². The molecule has 0 spiro atoms. The number of aliphatic hydroxyl groups excluding tert-OH is 2. The van der Waals surface area contributed by atoms with Gasteiger partial charge in [0.05, 0.1) is 18.8 Å². The van der Waals surface area contributed by atoms with Crippen molar-refractivity contribution < 1.29 is 14.9 Å². The van der Waals surface area contributed by atoms with Crippen molar-refractivity contribution in [2.45, 2.75) is 57.8 Å². The number of likely N-dealkylation sites (tertiary alicyclic amines) is 1. The Balaban J connectivity index is 2.30. The molecule has 0 bridgehead atoms. The van der Waals surface area contributed by atoms with Crippen LogP contribution < -0.4 is 0 Å². The smallest absolute Gasteiger partial charge is 0.0900 e. The minimum Gasteiger partial charge on any atom is -0.396 e. The van der Waals surface area contributed by atoms with Crippen molar-refractivity contribution in [2.24, 2.45) is 0 Å². The first-order valence-corrected chi connectivity index (χ1v) is 6.78. The van der Waals surface area contributed by atoms with Gasteiger partial charge in [0.25, 0.3) is 0 Å². The number of ether oxygens (including phenoxy) is 1. The minimum absolute atomic E-state index is 0.166. The number of nitrogens with zero attached hydrogens (tertiary/aromatic N) is 1. The predicted octanol–water partition coefficient (Wildman–Crippen LogP) is 1.01. The summed E-state index contributed by atoms with van der Waals surface area (Å²) in [5.74, 6) is 0. The lowest BCUT2D eigenvalue weighted by atomic mass is 9.99. The Morgan fingerprint density at radius 2 is 2.12 bits per heavy atom. The average molecular weight is 245 g/mol. The van der Waals surface area contributed by atoms with Crippen LogP contribution in [0, 0.1) is 0 Å². The molecular weight excluding hydrogens is 218 g/mol. The zero-order chi connectivity index (χ0) is 12.7. The molecule has 0 aromatic rings. The van der Waals surface area contributed by atoms with E-state index in [9.17, 15) is 5.11 Å². The molecule has 0 aliphatic carbocycles. The van der Waals surface area contributed by atoms with Gasteiger partial charge in [-0.25, -0.2) is 0 Å². The summed E-state index contributed by atoms with van der Waals surface area (Å²) in [6.07, 6.45) is 4.13. The lowest BCUT2D eigenvalue weighted by Gasteiger charge is -2.36. The standard InChI is InChI=1S/C13H27NO3/c1-11(2)17-10-13(16)9-14-7-4-3-5-12(14)6-8-15/h11-13,15-16H,3-10H2,1-2H3/t12-,13+/m0/s1. The van der Waals surface area contributed by atoms with Crippen molar-refractivity contribution in [3.8, 4) is 0 Å². The Morgan fingerprint density at radius 3 is 2.76 bits per heavy atom. The predicted molar refractivity (Wildman–Crippen MR) is 68.0 cm³/mol. The second-order valence-electron chi connectivity index (χ2n) is 5.19. The highest BCUT2D eigenvalue weighted by Crippen LogP contribution is 2.19. The zero-order valence-electron chi connectivity index (χ0n) is 11.1. The SMILES string of the molecule is CC(C)OC[C@H](O)CN1CCCC[C@H]1CCO. The van der Waals surface area contributed by atoms with Gasteiger partial charge >= 0.3 is 0 Å². The third-order valence-corrected chi connectivity index (χ3v) is 3.28. The quantitative estimate of drug-likeness (QED) is 0.703. The van der Waals surface area contributed by atoms with E-state index in [0.29, 0.717) is 19.2 Å². The first-order chi connectivity index (χ1) is 8.13. The van der Waals surface area contributed by atoms with Crippen LogP contribution >= 0.6 is 0 Å². The van der Waals surface area contributed by atoms with Crippen LogP contribution in [0.4, 0.5) is 0 Å². The molecule has 1 aliphatic rings. The van der Waals surface area contributed by atoms with E-state index in [2.05, 4.69) is 4.90 Å². The van der Waals surface area contributed by atoms with Crippen LogP contribution in [0.15, 0.2) is 0 Å². The van der Waals surface area contributed by atoms with E-state index >= 15 is 0 Å². The molecule has 2 N–H and O–H groups in total. The number of aliphatic hydroxyl groups is 2. The lowest BCUT2D eigenvalue weighted by molar-refractivity contribution is -0.0203. The van der Waals surface area contributed by atoms with Crippen LogP contribution in [0.25, 0.3) is 0 Å². The fourth-order valence-electron chi connectivity index (χ4n) is 2.40. The fourth-order valence-corrected chi connectivity index (χ4v) is 2.40. The van der Waals surface area contributed by atoms with Gasteiger partial charge < -0.3 is 14.9 Å². The second-order valence-corrected chi connectivity index (χ2v) is 5.19. The zero-order valence-corrected chi connectivity index (χ0v) is 11.1. The molecule has 0 radical (unpaired) electrons. The Kier molecular flexibility index (Phi) is 7.04. The van der Waals surface area contributed by atoms with E-state index in [0.717, 1.165) is 19.4 Å². The highest BCUT2D eigenvalue weighted by atomic mass is 16.5. The van der Waals surface area contributed by atoms with Crippen LogP contribution in [0.2, 0.25) is 0 Å². The van der Waals surface area contributed by atoms with E-state index in [1.165, 1.54) is 12.8 Å². The third-order valence-electron chi connectivity index (χ3n) is 3.28. The summed E-state index contributed by atoms with van der Waals surface area (Å²) in [6, 6.07) is 0.433. The number of rotatable bonds is 7. The summed E-state index contributed by atoms with van der Waals surface area (Å²) in [5.41, 5.74) is 0. The molecule has 0 saturated carbocycles. The van der Waals surface area contributed by atoms with Crippen molar-refractivity contribution in [3.05, 3.63) is 0 Å². The first-order valence-electron chi connectivity index (χ1n) is 6.78. The van der Waals surface area contributed by atoms with Gasteiger partial charge in [-0.15, -0.1) is 0 Å². The monoisotopic (exact) mass is 245 g/mol. The molecule has 1 rings (SSSR count). The van der Waals surface area contributed by atoms with Gasteiger partial charge in [-0.1, -0.05) is 6.42 Å². The highest BCUT2D eigenvalue weighted by Gasteiger charge is 2.23. The Labute approximate surface area is 105 Å². The molecule has 4 heteroatoms. The van der Waals surface area contributed by atoms with Crippen LogP contribution in [0.1, 0.15) is 39.5 Å². The summed E-state index contributed by atoms with van der Waals surface area (Å²) < 4.78 is 5.41. The van der Waals surface area contributed by atoms with Crippen molar-refractivity contribution in [1.29, 1.82) is 0 Å². The molecule has 1 fully saturated rings. The van der Waals surface area contributed by atoms with E-state index in [1.807, 2.05) is 13.8 Å². The van der Waals surface area contributed by atoms with E-state index in [1.54, 1.807) is 0 Å². The van der Waals surface area contributed by atoms with Crippen molar-refractivity contribution in [3.63, 3.8) is 0 Å². The number of piperidine rings is 1. The van der Waals surface area contributed by atoms with Crippen LogP contribution in [-0.2, 0) is 4.74 Å². The first kappa shape index (κ1) is 14.9. The van der Waals surface area contributed by atoms with Gasteiger partial charge in [0, 0.05) is 19.2 Å². The Hall–Kier alpha value is -0.160. The molecule has 0 aromatic heterocycles. The summed E-state index contributed by atoms with van der Waals surface area (Å²) in [5, 5.41) is 18.9. The minimum atomic E-state index is -0.420. The number of β-amino-alcohol motifs (C(OH)–C–C–N with tert-alkyl or cyclic N) is 1. The third kappa shape index (κ3) is 5.82. The van der Waals surface area contributed by atoms with Gasteiger partial charge in [0.1, 0.15) is 0 Å². The van der Waals surface area contributed by atoms with Crippen LogP contribution in [0.5, 0.6) is 0 Å². The van der Waals surface area contributed by atoms with Crippen LogP contribution in [0.3, 0.4) is 0 Å². The van der Waals surface area contributed by atoms with Gasteiger partial charge in [-0.3, -0.25) is 4.90 Å². The molecule has 0 unspecified atom stereocenters. The summed E-state index contributed by atoms with van der Waals surface area (Å²) in [6.45, 7) is 6.28. The number of hydrogen-bond acceptors (Lipinski definition) is 4. The Bertz CT molecular complexity index is 197. The van der Waals surface area contributed by atoms with E-state index in [-0.39, 0.29) is 12.7 Å². The summed E-state index contributed by atoms with van der Waals surface area (Å²) in [7, 11) is 0. The Morgan fingerprint density at radius 1 is 1.35 bits per heavy atom. The lowest BCUT2D eigenvalue weighted by Crippen LogP contribution is -2.45. The molecule has 0 amide bonds. The maximum atomic E-state index is 9.91. The average Bonchev–Trinajstić information content (AvgIpc) is 2.29. The molecule has 17 heavy (non-hydrogen) atoms. The molecule has 0 aromatic carbocycles. The largest absolute Gasteiger partial charge is 0.396 e. The highest BCUT2D eigenvalue weighted by molar-refractivity contribution is 4.78. The van der Waals surface area contributed by atoms with Crippen molar-refractivity contribution in [1.82, 2.24) is 4.90 Å². The fraction of sp³-hybridized carbons (Fsp3) is 1.00.